The Hall–Kier alpha value is -3.97. The molecule has 1 fully saturated rings. The Bertz CT molecular complexity index is 1590. The number of benzene rings is 2. The van der Waals surface area contributed by atoms with E-state index in [1.54, 1.807) is 12.1 Å². The number of carbonyl (C=O) groups is 1. The maximum absolute atomic E-state index is 16.2. The van der Waals surface area contributed by atoms with Gasteiger partial charge >= 0.3 is 5.97 Å². The van der Waals surface area contributed by atoms with E-state index in [0.29, 0.717) is 33.2 Å². The number of aliphatic carboxylic acids is 1. The second kappa shape index (κ2) is 8.56. The summed E-state index contributed by atoms with van der Waals surface area (Å²) in [6.45, 7) is 3.77. The molecule has 0 saturated heterocycles. The van der Waals surface area contributed by atoms with Gasteiger partial charge in [-0.15, -0.1) is 0 Å². The van der Waals surface area contributed by atoms with E-state index in [1.165, 1.54) is 32.5 Å². The first kappa shape index (κ1) is 24.7. The van der Waals surface area contributed by atoms with Crippen molar-refractivity contribution in [3.8, 4) is 17.5 Å². The van der Waals surface area contributed by atoms with Crippen molar-refractivity contribution in [1.29, 1.82) is 5.26 Å². The zero-order chi connectivity index (χ0) is 26.7. The van der Waals surface area contributed by atoms with E-state index in [9.17, 15) is 19.6 Å². The van der Waals surface area contributed by atoms with Gasteiger partial charge in [-0.2, -0.15) is 10.4 Å². The predicted octanol–water partition coefficient (Wildman–Crippen LogP) is 5.33. The van der Waals surface area contributed by atoms with Gasteiger partial charge in [0, 0.05) is 47.2 Å². The molecule has 0 aliphatic heterocycles. The molecular formula is C27H26F2N4O4. The fourth-order valence-corrected chi connectivity index (χ4v) is 5.60. The number of rotatable bonds is 7. The van der Waals surface area contributed by atoms with Gasteiger partial charge in [-0.3, -0.25) is 5.10 Å². The molecule has 0 radical (unpaired) electrons. The molecule has 1 aliphatic carbocycles. The number of nitriles is 1. The van der Waals surface area contributed by atoms with Crippen LogP contribution in [0.3, 0.4) is 0 Å². The third-order valence-electron chi connectivity index (χ3n) is 7.54. The number of aromatic amines is 1. The minimum atomic E-state index is -1.37. The Balaban J connectivity index is 1.91. The fourth-order valence-electron chi connectivity index (χ4n) is 5.60. The molecular weight excluding hydrogens is 482 g/mol. The first-order chi connectivity index (χ1) is 17.6. The molecule has 0 atom stereocenters. The van der Waals surface area contributed by atoms with Gasteiger partial charge in [0.05, 0.1) is 24.9 Å². The molecule has 1 saturated carbocycles. The Morgan fingerprint density at radius 2 is 2.05 bits per heavy atom. The third kappa shape index (κ3) is 3.56. The molecule has 2 heterocycles. The van der Waals surface area contributed by atoms with E-state index in [4.69, 9.17) is 9.47 Å². The number of carboxylic acid groups (broad SMARTS) is 1. The number of halogens is 2. The molecule has 0 bridgehead atoms. The summed E-state index contributed by atoms with van der Waals surface area (Å²) in [6.07, 6.45) is 1.90. The lowest BCUT2D eigenvalue weighted by molar-refractivity contribution is -0.175. The predicted molar refractivity (Wildman–Crippen MR) is 132 cm³/mol. The SMILES string of the molecule is COc1cc(-n2c(C(C)(C)CC#N)c(C3CC(OC)(C(=O)O)C3)c3c(F)c4[nH]ncc4cc32)ccc1F. The van der Waals surface area contributed by atoms with Crippen LogP contribution in [0.1, 0.15) is 50.3 Å². The van der Waals surface area contributed by atoms with Crippen molar-refractivity contribution < 1.29 is 28.2 Å². The maximum atomic E-state index is 16.2. The highest BCUT2D eigenvalue weighted by molar-refractivity contribution is 6.00. The van der Waals surface area contributed by atoms with Crippen LogP contribution in [0.15, 0.2) is 30.5 Å². The summed E-state index contributed by atoms with van der Waals surface area (Å²) in [5.41, 5.74) is 0.359. The van der Waals surface area contributed by atoms with Crippen molar-refractivity contribution in [2.75, 3.05) is 14.2 Å². The number of carboxylic acids is 1. The zero-order valence-corrected chi connectivity index (χ0v) is 20.9. The highest BCUT2D eigenvalue weighted by atomic mass is 19.1. The van der Waals surface area contributed by atoms with Gasteiger partial charge in [0.25, 0.3) is 0 Å². The number of hydrogen-bond acceptors (Lipinski definition) is 5. The largest absolute Gasteiger partial charge is 0.494 e. The van der Waals surface area contributed by atoms with Gasteiger partial charge in [0.15, 0.2) is 23.0 Å². The Labute approximate surface area is 211 Å². The van der Waals surface area contributed by atoms with Crippen LogP contribution < -0.4 is 4.74 Å². The van der Waals surface area contributed by atoms with Crippen LogP contribution in [0.4, 0.5) is 8.78 Å². The summed E-state index contributed by atoms with van der Waals surface area (Å²) in [5.74, 6) is -2.48. The van der Waals surface area contributed by atoms with Gasteiger partial charge < -0.3 is 19.1 Å². The van der Waals surface area contributed by atoms with Crippen molar-refractivity contribution in [2.24, 2.45) is 0 Å². The van der Waals surface area contributed by atoms with Crippen LogP contribution in [0.2, 0.25) is 0 Å². The van der Waals surface area contributed by atoms with Crippen molar-refractivity contribution in [1.82, 2.24) is 14.8 Å². The molecule has 1 aliphatic rings. The Kier molecular flexibility index (Phi) is 5.72. The van der Waals surface area contributed by atoms with E-state index in [2.05, 4.69) is 16.3 Å². The van der Waals surface area contributed by atoms with Crippen LogP contribution in [-0.4, -0.2) is 45.7 Å². The van der Waals surface area contributed by atoms with Crippen LogP contribution in [0.5, 0.6) is 5.75 Å². The van der Waals surface area contributed by atoms with Gasteiger partial charge in [-0.25, -0.2) is 13.6 Å². The number of fused-ring (bicyclic) bond motifs is 2. The molecule has 0 unspecified atom stereocenters. The van der Waals surface area contributed by atoms with Gasteiger partial charge in [-0.1, -0.05) is 13.8 Å². The van der Waals surface area contributed by atoms with E-state index in [-0.39, 0.29) is 36.4 Å². The fraction of sp³-hybridized carbons (Fsp3) is 0.370. The average Bonchev–Trinajstić information content (AvgIpc) is 3.43. The Morgan fingerprint density at radius 1 is 1.32 bits per heavy atom. The minimum absolute atomic E-state index is 0.0164. The number of nitrogens with zero attached hydrogens (tertiary/aromatic N) is 3. The van der Waals surface area contributed by atoms with Gasteiger partial charge in [0.1, 0.15) is 5.52 Å². The lowest BCUT2D eigenvalue weighted by Crippen LogP contribution is -2.51. The molecule has 4 aromatic rings. The van der Waals surface area contributed by atoms with Crippen molar-refractivity contribution in [3.05, 3.63) is 53.4 Å². The van der Waals surface area contributed by atoms with Gasteiger partial charge in [-0.05, 0) is 42.5 Å². The van der Waals surface area contributed by atoms with Crippen LogP contribution in [-0.2, 0) is 14.9 Å². The molecule has 0 amide bonds. The normalized spacial score (nSPS) is 19.6. The average molecular weight is 509 g/mol. The topological polar surface area (TPSA) is 113 Å². The van der Waals surface area contributed by atoms with Crippen LogP contribution in [0.25, 0.3) is 27.5 Å². The molecule has 8 nitrogen and oxygen atoms in total. The molecule has 2 aromatic carbocycles. The Morgan fingerprint density at radius 3 is 2.68 bits per heavy atom. The molecule has 5 rings (SSSR count). The number of aromatic nitrogens is 3. The van der Waals surface area contributed by atoms with Crippen molar-refractivity contribution in [3.63, 3.8) is 0 Å². The molecule has 0 spiro atoms. The minimum Gasteiger partial charge on any atom is -0.494 e. The summed E-state index contributed by atoms with van der Waals surface area (Å²) in [7, 11) is 2.72. The highest BCUT2D eigenvalue weighted by Gasteiger charge is 2.54. The monoisotopic (exact) mass is 508 g/mol. The summed E-state index contributed by atoms with van der Waals surface area (Å²) >= 11 is 0. The maximum Gasteiger partial charge on any atom is 0.335 e. The van der Waals surface area contributed by atoms with Gasteiger partial charge in [0.2, 0.25) is 0 Å². The lowest BCUT2D eigenvalue weighted by atomic mass is 9.65. The molecule has 2 N–H and O–H groups in total. The number of ether oxygens (including phenoxy) is 2. The second-order valence-corrected chi connectivity index (χ2v) is 10.2. The van der Waals surface area contributed by atoms with E-state index >= 15 is 4.39 Å². The number of hydrogen-bond donors (Lipinski definition) is 2. The third-order valence-corrected chi connectivity index (χ3v) is 7.54. The second-order valence-electron chi connectivity index (χ2n) is 10.2. The standard InChI is InChI=1S/C27H26F2N4O4/c1-26(2,7-8-30)24-20(15-11-27(12-15,37-4)25(34)35)21-18(9-14-13-31-32-23(14)22(21)29)33(24)16-5-6-17(28)19(10-16)36-3/h5-6,9-10,13,15H,7,11-12H2,1-4H3,(H,31,32)(H,34,35). The molecule has 37 heavy (non-hydrogen) atoms. The van der Waals surface area contributed by atoms with Crippen LogP contribution in [0, 0.1) is 23.0 Å². The summed E-state index contributed by atoms with van der Waals surface area (Å²) in [6, 6.07) is 8.39. The van der Waals surface area contributed by atoms with E-state index < -0.39 is 28.6 Å². The zero-order valence-electron chi connectivity index (χ0n) is 20.9. The number of methoxy groups -OCH3 is 2. The lowest BCUT2D eigenvalue weighted by Gasteiger charge is -2.44. The first-order valence-electron chi connectivity index (χ1n) is 11.8. The smallest absolute Gasteiger partial charge is 0.335 e. The summed E-state index contributed by atoms with van der Waals surface area (Å²) in [5, 5.41) is 27.0. The van der Waals surface area contributed by atoms with Crippen LogP contribution >= 0.6 is 0 Å². The van der Waals surface area contributed by atoms with Crippen molar-refractivity contribution in [2.45, 2.75) is 50.0 Å². The van der Waals surface area contributed by atoms with E-state index in [0.717, 1.165) is 0 Å². The number of H-pyrrole nitrogens is 1. The molecule has 10 heteroatoms. The highest BCUT2D eigenvalue weighted by Crippen LogP contribution is 2.54. The summed E-state index contributed by atoms with van der Waals surface area (Å²) < 4.78 is 43.0. The summed E-state index contributed by atoms with van der Waals surface area (Å²) in [4.78, 5) is 12.0. The molecule has 2 aromatic heterocycles. The first-order valence-corrected chi connectivity index (χ1v) is 11.8. The quantitative estimate of drug-likeness (QED) is 0.349. The van der Waals surface area contributed by atoms with E-state index in [1.807, 2.05) is 18.4 Å². The van der Waals surface area contributed by atoms with Crippen molar-refractivity contribution >= 4 is 27.8 Å². The molecule has 192 valence electrons. The number of nitrogens with one attached hydrogen (secondary N) is 1.